The lowest BCUT2D eigenvalue weighted by atomic mass is 9.96. The Balaban J connectivity index is 1.72. The number of amides is 1. The molecule has 1 heterocycles. The molecule has 1 fully saturated rings. The van der Waals surface area contributed by atoms with Crippen LogP contribution in [-0.2, 0) is 11.2 Å². The lowest BCUT2D eigenvalue weighted by molar-refractivity contribution is -0.123. The van der Waals surface area contributed by atoms with Gasteiger partial charge < -0.3 is 20.5 Å². The van der Waals surface area contributed by atoms with E-state index in [1.54, 1.807) is 0 Å². The van der Waals surface area contributed by atoms with E-state index in [0.29, 0.717) is 6.54 Å². The molecule has 22 heavy (non-hydrogen) atoms. The van der Waals surface area contributed by atoms with Gasteiger partial charge in [-0.3, -0.25) is 4.79 Å². The van der Waals surface area contributed by atoms with E-state index >= 15 is 0 Å². The molecular formula is C17H26N2O3. The number of nitrogens with two attached hydrogens (primary N) is 1. The van der Waals surface area contributed by atoms with E-state index in [0.717, 1.165) is 38.1 Å². The molecule has 0 saturated carbocycles. The summed E-state index contributed by atoms with van der Waals surface area (Å²) >= 11 is 0. The zero-order valence-electron chi connectivity index (χ0n) is 13.2. The van der Waals surface area contributed by atoms with Crippen LogP contribution in [0, 0.1) is 5.92 Å². The first-order valence-electron chi connectivity index (χ1n) is 8.00. The summed E-state index contributed by atoms with van der Waals surface area (Å²) in [5, 5.41) is 10.1. The van der Waals surface area contributed by atoms with Crippen molar-refractivity contribution in [2.75, 3.05) is 26.2 Å². The number of aliphatic hydroxyl groups is 1. The Kier molecular flexibility index (Phi) is 6.21. The second-order valence-electron chi connectivity index (χ2n) is 5.94. The van der Waals surface area contributed by atoms with Crippen LogP contribution in [0.15, 0.2) is 24.3 Å². The van der Waals surface area contributed by atoms with Crippen molar-refractivity contribution in [1.82, 2.24) is 4.90 Å². The molecule has 1 saturated heterocycles. The summed E-state index contributed by atoms with van der Waals surface area (Å²) in [5.74, 6) is 0.576. The van der Waals surface area contributed by atoms with Gasteiger partial charge in [0.25, 0.3) is 0 Å². The SMILES string of the molecule is CCc1cccc(OC[C@@H](O)CN2CCC(C(N)=O)CC2)c1. The Labute approximate surface area is 132 Å². The van der Waals surface area contributed by atoms with Gasteiger partial charge in [0.05, 0.1) is 0 Å². The maximum absolute atomic E-state index is 11.1. The van der Waals surface area contributed by atoms with E-state index in [4.69, 9.17) is 10.5 Å². The highest BCUT2D eigenvalue weighted by Crippen LogP contribution is 2.17. The van der Waals surface area contributed by atoms with Gasteiger partial charge in [0.2, 0.25) is 5.91 Å². The maximum atomic E-state index is 11.1. The molecule has 1 atom stereocenters. The molecule has 1 amide bonds. The smallest absolute Gasteiger partial charge is 0.220 e. The molecule has 5 nitrogen and oxygen atoms in total. The number of hydrogen-bond acceptors (Lipinski definition) is 4. The number of ether oxygens (including phenoxy) is 1. The van der Waals surface area contributed by atoms with E-state index in [9.17, 15) is 9.90 Å². The second kappa shape index (κ2) is 8.15. The molecule has 2 rings (SSSR count). The van der Waals surface area contributed by atoms with E-state index in [1.165, 1.54) is 5.56 Å². The van der Waals surface area contributed by atoms with Crippen molar-refractivity contribution in [3.63, 3.8) is 0 Å². The summed E-state index contributed by atoms with van der Waals surface area (Å²) in [4.78, 5) is 13.3. The maximum Gasteiger partial charge on any atom is 0.220 e. The average molecular weight is 306 g/mol. The van der Waals surface area contributed by atoms with E-state index in [1.807, 2.05) is 18.2 Å². The van der Waals surface area contributed by atoms with Crippen molar-refractivity contribution in [3.05, 3.63) is 29.8 Å². The van der Waals surface area contributed by atoms with Crippen molar-refractivity contribution in [2.45, 2.75) is 32.3 Å². The largest absolute Gasteiger partial charge is 0.491 e. The molecule has 1 aliphatic rings. The number of carbonyl (C=O) groups is 1. The van der Waals surface area contributed by atoms with Crippen molar-refractivity contribution in [2.24, 2.45) is 11.7 Å². The standard InChI is InChI=1S/C17H26N2O3/c1-2-13-4-3-5-16(10-13)22-12-15(20)11-19-8-6-14(7-9-19)17(18)21/h3-5,10,14-15,20H,2,6-9,11-12H2,1H3,(H2,18,21)/t15-/m0/s1. The van der Waals surface area contributed by atoms with Crippen molar-refractivity contribution in [1.29, 1.82) is 0 Å². The summed E-state index contributed by atoms with van der Waals surface area (Å²) in [6.45, 7) is 4.55. The zero-order valence-corrected chi connectivity index (χ0v) is 13.2. The Morgan fingerprint density at radius 3 is 2.82 bits per heavy atom. The number of rotatable bonds is 7. The van der Waals surface area contributed by atoms with Gasteiger partial charge in [-0.2, -0.15) is 0 Å². The van der Waals surface area contributed by atoms with Crippen molar-refractivity contribution < 1.29 is 14.6 Å². The number of nitrogens with zero attached hydrogens (tertiary/aromatic N) is 1. The molecule has 1 aromatic rings. The Morgan fingerprint density at radius 2 is 2.18 bits per heavy atom. The fourth-order valence-electron chi connectivity index (χ4n) is 2.80. The number of primary amides is 1. The van der Waals surface area contributed by atoms with Crippen molar-refractivity contribution in [3.8, 4) is 5.75 Å². The van der Waals surface area contributed by atoms with E-state index < -0.39 is 6.10 Å². The molecule has 122 valence electrons. The van der Waals surface area contributed by atoms with Crippen LogP contribution in [0.3, 0.4) is 0 Å². The molecule has 0 aliphatic carbocycles. The number of β-amino-alcohol motifs (C(OH)–C–C–N with tert-alkyl or cyclic N) is 1. The molecule has 0 bridgehead atoms. The van der Waals surface area contributed by atoms with Gasteiger partial charge in [-0.1, -0.05) is 19.1 Å². The average Bonchev–Trinajstić information content (AvgIpc) is 2.53. The van der Waals surface area contributed by atoms with Crippen LogP contribution in [0.4, 0.5) is 0 Å². The zero-order chi connectivity index (χ0) is 15.9. The monoisotopic (exact) mass is 306 g/mol. The Bertz CT molecular complexity index is 485. The van der Waals surface area contributed by atoms with Gasteiger partial charge >= 0.3 is 0 Å². The van der Waals surface area contributed by atoms with Gasteiger partial charge in [-0.25, -0.2) is 0 Å². The number of benzene rings is 1. The van der Waals surface area contributed by atoms with Crippen molar-refractivity contribution >= 4 is 5.91 Å². The van der Waals surface area contributed by atoms with Crippen LogP contribution in [0.5, 0.6) is 5.75 Å². The molecular weight excluding hydrogens is 280 g/mol. The number of likely N-dealkylation sites (tertiary alicyclic amines) is 1. The minimum absolute atomic E-state index is 0.0126. The number of aliphatic hydroxyl groups excluding tert-OH is 1. The van der Waals surface area contributed by atoms with E-state index in [-0.39, 0.29) is 18.4 Å². The lowest BCUT2D eigenvalue weighted by Gasteiger charge is -2.31. The summed E-state index contributed by atoms with van der Waals surface area (Å²) in [5.41, 5.74) is 6.55. The number of aryl methyl sites for hydroxylation is 1. The first-order chi connectivity index (χ1) is 10.6. The quantitative estimate of drug-likeness (QED) is 0.793. The fourth-order valence-corrected chi connectivity index (χ4v) is 2.80. The van der Waals surface area contributed by atoms with Crippen LogP contribution in [-0.4, -0.2) is 48.3 Å². The highest BCUT2D eigenvalue weighted by atomic mass is 16.5. The Hall–Kier alpha value is -1.59. The third-order valence-corrected chi connectivity index (χ3v) is 4.21. The number of piperidine rings is 1. The third kappa shape index (κ3) is 5.00. The first kappa shape index (κ1) is 16.8. The van der Waals surface area contributed by atoms with Crippen LogP contribution in [0.1, 0.15) is 25.3 Å². The third-order valence-electron chi connectivity index (χ3n) is 4.21. The molecule has 0 radical (unpaired) electrons. The van der Waals surface area contributed by atoms with Crippen LogP contribution in [0.25, 0.3) is 0 Å². The predicted octanol–water partition coefficient (Wildman–Crippen LogP) is 1.19. The molecule has 3 N–H and O–H groups in total. The predicted molar refractivity (Wildman–Crippen MR) is 85.7 cm³/mol. The lowest BCUT2D eigenvalue weighted by Crippen LogP contribution is -2.43. The highest BCUT2D eigenvalue weighted by Gasteiger charge is 2.24. The summed E-state index contributed by atoms with van der Waals surface area (Å²) in [6.07, 6.45) is 1.99. The minimum Gasteiger partial charge on any atom is -0.491 e. The number of carbonyl (C=O) groups excluding carboxylic acids is 1. The van der Waals surface area contributed by atoms with Crippen LogP contribution < -0.4 is 10.5 Å². The summed E-state index contributed by atoms with van der Waals surface area (Å²) in [7, 11) is 0. The molecule has 1 aromatic carbocycles. The van der Waals surface area contributed by atoms with Crippen LogP contribution >= 0.6 is 0 Å². The fraction of sp³-hybridized carbons (Fsp3) is 0.588. The topological polar surface area (TPSA) is 75.8 Å². The van der Waals surface area contributed by atoms with Gasteiger partial charge in [0.15, 0.2) is 0 Å². The Morgan fingerprint density at radius 1 is 1.45 bits per heavy atom. The molecule has 0 spiro atoms. The summed E-state index contributed by atoms with van der Waals surface area (Å²) in [6, 6.07) is 7.94. The van der Waals surface area contributed by atoms with E-state index in [2.05, 4.69) is 17.9 Å². The second-order valence-corrected chi connectivity index (χ2v) is 5.94. The van der Waals surface area contributed by atoms with Gasteiger partial charge in [-0.15, -0.1) is 0 Å². The molecule has 1 aliphatic heterocycles. The number of hydrogen-bond donors (Lipinski definition) is 2. The first-order valence-corrected chi connectivity index (χ1v) is 8.00. The minimum atomic E-state index is -0.532. The summed E-state index contributed by atoms with van der Waals surface area (Å²) < 4.78 is 5.66. The highest BCUT2D eigenvalue weighted by molar-refractivity contribution is 5.76. The molecule has 5 heteroatoms. The van der Waals surface area contributed by atoms with Gasteiger partial charge in [-0.05, 0) is 50.0 Å². The molecule has 0 unspecified atom stereocenters. The van der Waals surface area contributed by atoms with Gasteiger partial charge in [0.1, 0.15) is 18.5 Å². The van der Waals surface area contributed by atoms with Crippen LogP contribution in [0.2, 0.25) is 0 Å². The molecule has 0 aromatic heterocycles. The normalized spacial score (nSPS) is 18.1. The van der Waals surface area contributed by atoms with Gasteiger partial charge in [0, 0.05) is 12.5 Å².